The third-order valence-corrected chi connectivity index (χ3v) is 2.32. The first-order valence-electron chi connectivity index (χ1n) is 5.51. The molecule has 0 rings (SSSR count). The summed E-state index contributed by atoms with van der Waals surface area (Å²) in [5.74, 6) is -0.984. The van der Waals surface area contributed by atoms with Crippen LogP contribution in [-0.4, -0.2) is 40.5 Å². The van der Waals surface area contributed by atoms with Crippen molar-refractivity contribution in [1.82, 2.24) is 5.06 Å². The first kappa shape index (κ1) is 14.3. The summed E-state index contributed by atoms with van der Waals surface area (Å²) < 4.78 is 0. The number of hydrogen-bond acceptors (Lipinski definition) is 4. The minimum atomic E-state index is -0.984. The van der Waals surface area contributed by atoms with Crippen molar-refractivity contribution in [1.29, 1.82) is 0 Å². The number of rotatable bonds is 9. The molecule has 0 aromatic rings. The first-order valence-corrected chi connectivity index (χ1v) is 5.51. The Morgan fingerprint density at radius 2 is 2.07 bits per heavy atom. The molecule has 0 aliphatic heterocycles. The van der Waals surface area contributed by atoms with Gasteiger partial charge in [0, 0.05) is 6.54 Å². The number of aliphatic carboxylic acids is 1. The maximum absolute atomic E-state index is 10.8. The lowest BCUT2D eigenvalue weighted by Crippen LogP contribution is -2.39. The van der Waals surface area contributed by atoms with Gasteiger partial charge < -0.3 is 16.0 Å². The molecule has 0 aliphatic rings. The van der Waals surface area contributed by atoms with Crippen molar-refractivity contribution in [2.45, 2.75) is 45.1 Å². The predicted octanol–water partition coefficient (Wildman–Crippen LogP) is 1.06. The minimum absolute atomic E-state index is 0.397. The molecule has 90 valence electrons. The van der Waals surface area contributed by atoms with Gasteiger partial charge in [0.15, 0.2) is 0 Å². The molecule has 0 radical (unpaired) electrons. The van der Waals surface area contributed by atoms with Crippen molar-refractivity contribution in [2.75, 3.05) is 13.1 Å². The van der Waals surface area contributed by atoms with Crippen LogP contribution in [0.1, 0.15) is 39.0 Å². The van der Waals surface area contributed by atoms with Crippen LogP contribution in [0.25, 0.3) is 0 Å². The molecule has 5 nitrogen and oxygen atoms in total. The van der Waals surface area contributed by atoms with Crippen LogP contribution in [-0.2, 0) is 4.79 Å². The fourth-order valence-corrected chi connectivity index (χ4v) is 1.39. The Hall–Kier alpha value is -0.650. The van der Waals surface area contributed by atoms with Gasteiger partial charge in [-0.2, -0.15) is 5.06 Å². The Morgan fingerprint density at radius 1 is 1.40 bits per heavy atom. The second-order valence-electron chi connectivity index (χ2n) is 3.66. The van der Waals surface area contributed by atoms with E-state index in [9.17, 15) is 10.0 Å². The van der Waals surface area contributed by atoms with E-state index in [0.29, 0.717) is 25.9 Å². The quantitative estimate of drug-likeness (QED) is 0.398. The van der Waals surface area contributed by atoms with Crippen LogP contribution < -0.4 is 5.73 Å². The van der Waals surface area contributed by atoms with E-state index in [1.807, 2.05) is 0 Å². The summed E-state index contributed by atoms with van der Waals surface area (Å²) in [7, 11) is 0. The largest absolute Gasteiger partial charge is 0.480 e. The van der Waals surface area contributed by atoms with Crippen molar-refractivity contribution in [3.63, 3.8) is 0 Å². The molecule has 0 aliphatic carbocycles. The van der Waals surface area contributed by atoms with Gasteiger partial charge >= 0.3 is 5.97 Å². The number of carbonyl (C=O) groups is 1. The Morgan fingerprint density at radius 3 is 2.53 bits per heavy atom. The van der Waals surface area contributed by atoms with Crippen molar-refractivity contribution in [3.8, 4) is 0 Å². The number of nitrogens with zero attached hydrogens (tertiary/aromatic N) is 1. The van der Waals surface area contributed by atoms with Crippen molar-refractivity contribution in [2.24, 2.45) is 5.73 Å². The average molecular weight is 218 g/mol. The van der Waals surface area contributed by atoms with Gasteiger partial charge in [0.05, 0.1) is 0 Å². The van der Waals surface area contributed by atoms with E-state index in [1.54, 1.807) is 0 Å². The number of unbranched alkanes of at least 4 members (excludes halogenated alkanes) is 2. The Kier molecular flexibility index (Phi) is 8.27. The van der Waals surface area contributed by atoms with E-state index >= 15 is 0 Å². The van der Waals surface area contributed by atoms with Gasteiger partial charge in [-0.3, -0.25) is 4.79 Å². The van der Waals surface area contributed by atoms with Crippen LogP contribution in [0, 0.1) is 0 Å². The fourth-order valence-electron chi connectivity index (χ4n) is 1.39. The molecule has 1 atom stereocenters. The van der Waals surface area contributed by atoms with Gasteiger partial charge in [-0.05, 0) is 25.8 Å². The highest BCUT2D eigenvalue weighted by Gasteiger charge is 2.22. The van der Waals surface area contributed by atoms with E-state index in [2.05, 4.69) is 6.92 Å². The molecule has 1 unspecified atom stereocenters. The molecule has 4 N–H and O–H groups in total. The smallest absolute Gasteiger partial charge is 0.323 e. The SMILES string of the molecule is CCCCCN(O)C(CCCN)C(=O)O. The highest BCUT2D eigenvalue weighted by molar-refractivity contribution is 5.73. The zero-order valence-corrected chi connectivity index (χ0v) is 9.35. The van der Waals surface area contributed by atoms with Crippen molar-refractivity contribution < 1.29 is 15.1 Å². The van der Waals surface area contributed by atoms with Crippen LogP contribution in [0.2, 0.25) is 0 Å². The third-order valence-electron chi connectivity index (χ3n) is 2.32. The number of nitrogens with two attached hydrogens (primary N) is 1. The Bertz CT molecular complexity index is 176. The van der Waals surface area contributed by atoms with E-state index in [-0.39, 0.29) is 0 Å². The van der Waals surface area contributed by atoms with Gasteiger partial charge in [0.1, 0.15) is 6.04 Å². The lowest BCUT2D eigenvalue weighted by molar-refractivity contribution is -0.170. The van der Waals surface area contributed by atoms with Gasteiger partial charge in [0.2, 0.25) is 0 Å². The summed E-state index contributed by atoms with van der Waals surface area (Å²) in [6.45, 7) is 2.92. The van der Waals surface area contributed by atoms with Crippen molar-refractivity contribution >= 4 is 5.97 Å². The second kappa shape index (κ2) is 8.64. The first-order chi connectivity index (χ1) is 7.13. The van der Waals surface area contributed by atoms with E-state index < -0.39 is 12.0 Å². The Labute approximate surface area is 90.8 Å². The zero-order chi connectivity index (χ0) is 11.7. The molecule has 0 saturated carbocycles. The van der Waals surface area contributed by atoms with Gasteiger partial charge in [0.25, 0.3) is 0 Å². The normalized spacial score (nSPS) is 13.1. The standard InChI is InChI=1S/C10H22N2O3/c1-2-3-4-8-12(15)9(10(13)14)6-5-7-11/h9,15H,2-8,11H2,1H3,(H,13,14). The maximum atomic E-state index is 10.8. The van der Waals surface area contributed by atoms with Crippen LogP contribution in [0.15, 0.2) is 0 Å². The molecular weight excluding hydrogens is 196 g/mol. The molecule has 5 heteroatoms. The number of carboxylic acid groups (broad SMARTS) is 1. The molecule has 0 fully saturated rings. The van der Waals surface area contributed by atoms with Crippen LogP contribution in [0.4, 0.5) is 0 Å². The van der Waals surface area contributed by atoms with Crippen LogP contribution in [0.3, 0.4) is 0 Å². The molecular formula is C10H22N2O3. The predicted molar refractivity (Wildman–Crippen MR) is 57.7 cm³/mol. The van der Waals surface area contributed by atoms with Gasteiger partial charge in [-0.25, -0.2) is 0 Å². The summed E-state index contributed by atoms with van der Waals surface area (Å²) in [5.41, 5.74) is 5.31. The number of carboxylic acids is 1. The topological polar surface area (TPSA) is 86.8 Å². The summed E-state index contributed by atoms with van der Waals surface area (Å²) in [5, 5.41) is 19.4. The monoisotopic (exact) mass is 218 g/mol. The van der Waals surface area contributed by atoms with Gasteiger partial charge in [-0.1, -0.05) is 19.8 Å². The molecule has 0 aromatic heterocycles. The third kappa shape index (κ3) is 6.43. The summed E-state index contributed by atoms with van der Waals surface area (Å²) in [6.07, 6.45) is 3.88. The van der Waals surface area contributed by atoms with E-state index in [4.69, 9.17) is 10.8 Å². The lowest BCUT2D eigenvalue weighted by Gasteiger charge is -2.22. The van der Waals surface area contributed by atoms with Crippen molar-refractivity contribution in [3.05, 3.63) is 0 Å². The molecule has 0 saturated heterocycles. The van der Waals surface area contributed by atoms with E-state index in [0.717, 1.165) is 24.3 Å². The maximum Gasteiger partial charge on any atom is 0.323 e. The molecule has 0 amide bonds. The van der Waals surface area contributed by atoms with Crippen LogP contribution in [0.5, 0.6) is 0 Å². The molecule has 0 spiro atoms. The summed E-state index contributed by atoms with van der Waals surface area (Å²) in [4.78, 5) is 10.8. The van der Waals surface area contributed by atoms with E-state index in [1.165, 1.54) is 0 Å². The molecule has 0 bridgehead atoms. The lowest BCUT2D eigenvalue weighted by atomic mass is 10.1. The highest BCUT2D eigenvalue weighted by Crippen LogP contribution is 2.07. The zero-order valence-electron chi connectivity index (χ0n) is 9.35. The summed E-state index contributed by atoms with van der Waals surface area (Å²) in [6, 6.07) is -0.814. The number of hydroxylamine groups is 2. The molecule has 15 heavy (non-hydrogen) atoms. The highest BCUT2D eigenvalue weighted by atomic mass is 16.5. The van der Waals surface area contributed by atoms with Gasteiger partial charge in [-0.15, -0.1) is 0 Å². The number of hydrogen-bond donors (Lipinski definition) is 3. The van der Waals surface area contributed by atoms with Crippen LogP contribution >= 0.6 is 0 Å². The minimum Gasteiger partial charge on any atom is -0.480 e. The molecule has 0 aromatic carbocycles. The summed E-state index contributed by atoms with van der Waals surface area (Å²) >= 11 is 0. The average Bonchev–Trinajstić information content (AvgIpc) is 2.18. The molecule has 0 heterocycles. The fraction of sp³-hybridized carbons (Fsp3) is 0.900. The second-order valence-corrected chi connectivity index (χ2v) is 3.66. The Balaban J connectivity index is 3.93.